The lowest BCUT2D eigenvalue weighted by Gasteiger charge is -2.18. The molecule has 0 spiro atoms. The molecule has 0 radical (unpaired) electrons. The Morgan fingerprint density at radius 2 is 0.531 bits per heavy atom. The van der Waals surface area contributed by atoms with Gasteiger partial charge in [0.1, 0.15) is 13.2 Å². The predicted molar refractivity (Wildman–Crippen MR) is 353 cm³/mol. The van der Waals surface area contributed by atoms with Gasteiger partial charge in [-0.25, -0.2) is 0 Å². The van der Waals surface area contributed by atoms with E-state index in [-0.39, 0.29) is 31.6 Å². The SMILES string of the molecule is CC/C=C\C/C=C\C/C=C\C/C=C\C/C=C\CC(=O)OCC(COC(=O)CCCCCCCCCCCCCCCCCCC/C=C\CCCCCCCCCC)OC(=O)CCCCCCCCCCC/C=C\CCCCCCCC. The lowest BCUT2D eigenvalue weighted by molar-refractivity contribution is -0.166. The zero-order chi connectivity index (χ0) is 58.5. The number of ether oxygens (including phenoxy) is 3. The van der Waals surface area contributed by atoms with Crippen molar-refractivity contribution in [2.75, 3.05) is 13.2 Å². The standard InChI is InChI=1S/C75H132O6/c1-4-7-10-13-16-19-22-25-28-30-32-33-34-35-36-37-38-39-40-41-43-44-47-50-53-56-59-62-65-68-74(77)80-71-72(70-79-73(76)67-64-61-58-55-52-49-46-27-24-21-18-15-12-9-6-3)81-75(78)69-66-63-60-57-54-51-48-45-42-31-29-26-23-20-17-14-11-8-5-2/h9,12,18,21,26-27,29-30,32,46,52,55,61,64,72H,4-8,10-11,13-17,19-20,22-25,28,31,33-45,47-51,53-54,56-60,62-63,65-71H2,1-3H3/b12-9-,21-18-,29-26-,32-30-,46-27-,55-52-,64-61-. The number of allylic oxidation sites excluding steroid dienone is 13. The van der Waals surface area contributed by atoms with Crippen LogP contribution >= 0.6 is 0 Å². The first-order chi connectivity index (χ1) is 40.0. The Kier molecular flexibility index (Phi) is 66.2. The number of esters is 3. The largest absolute Gasteiger partial charge is 0.462 e. The van der Waals surface area contributed by atoms with Crippen molar-refractivity contribution in [2.24, 2.45) is 0 Å². The predicted octanol–water partition coefficient (Wildman–Crippen LogP) is 24.2. The van der Waals surface area contributed by atoms with E-state index < -0.39 is 12.1 Å². The average molecular weight is 1130 g/mol. The number of carbonyl (C=O) groups excluding carboxylic acids is 3. The maximum absolute atomic E-state index is 12.9. The maximum atomic E-state index is 12.9. The van der Waals surface area contributed by atoms with E-state index in [9.17, 15) is 14.4 Å². The van der Waals surface area contributed by atoms with Crippen LogP contribution in [0.3, 0.4) is 0 Å². The van der Waals surface area contributed by atoms with Crippen LogP contribution in [0.4, 0.5) is 0 Å². The van der Waals surface area contributed by atoms with Crippen LogP contribution in [0.25, 0.3) is 0 Å². The smallest absolute Gasteiger partial charge is 0.309 e. The van der Waals surface area contributed by atoms with Crippen LogP contribution in [0.1, 0.15) is 355 Å². The van der Waals surface area contributed by atoms with Crippen molar-refractivity contribution in [3.05, 3.63) is 85.1 Å². The monoisotopic (exact) mass is 1130 g/mol. The Hall–Kier alpha value is -3.41. The second-order valence-corrected chi connectivity index (χ2v) is 23.4. The molecule has 0 bridgehead atoms. The summed E-state index contributed by atoms with van der Waals surface area (Å²) in [6.45, 7) is 6.48. The van der Waals surface area contributed by atoms with Crippen LogP contribution in [0.2, 0.25) is 0 Å². The van der Waals surface area contributed by atoms with E-state index in [1.165, 1.54) is 244 Å². The summed E-state index contributed by atoms with van der Waals surface area (Å²) in [7, 11) is 0. The van der Waals surface area contributed by atoms with Gasteiger partial charge in [-0.3, -0.25) is 14.4 Å². The molecule has 6 heteroatoms. The van der Waals surface area contributed by atoms with E-state index in [0.29, 0.717) is 12.8 Å². The van der Waals surface area contributed by atoms with E-state index in [1.807, 2.05) is 6.08 Å². The van der Waals surface area contributed by atoms with Crippen molar-refractivity contribution in [3.8, 4) is 0 Å². The molecule has 0 amide bonds. The average Bonchev–Trinajstić information content (AvgIpc) is 3.47. The molecule has 81 heavy (non-hydrogen) atoms. The molecule has 0 heterocycles. The van der Waals surface area contributed by atoms with E-state index in [1.54, 1.807) is 6.08 Å². The minimum Gasteiger partial charge on any atom is -0.462 e. The Labute approximate surface area is 503 Å². The van der Waals surface area contributed by atoms with Gasteiger partial charge in [-0.2, -0.15) is 0 Å². The summed E-state index contributed by atoms with van der Waals surface area (Å²) in [4.78, 5) is 38.3. The number of unbranched alkanes of at least 4 members (excludes halogenated alkanes) is 40. The van der Waals surface area contributed by atoms with E-state index in [0.717, 1.165) is 70.6 Å². The highest BCUT2D eigenvalue weighted by molar-refractivity contribution is 5.72. The molecule has 0 saturated heterocycles. The summed E-state index contributed by atoms with van der Waals surface area (Å²) in [5.74, 6) is -1.02. The molecule has 0 aliphatic heterocycles. The Bertz CT molecular complexity index is 1530. The lowest BCUT2D eigenvalue weighted by Crippen LogP contribution is -2.30. The molecule has 1 unspecified atom stereocenters. The van der Waals surface area contributed by atoms with Crippen LogP contribution in [-0.2, 0) is 28.6 Å². The molecule has 0 aromatic carbocycles. The van der Waals surface area contributed by atoms with Crippen molar-refractivity contribution in [3.63, 3.8) is 0 Å². The molecular weight excluding hydrogens is 997 g/mol. The highest BCUT2D eigenvalue weighted by Crippen LogP contribution is 2.17. The minimum absolute atomic E-state index is 0.104. The molecule has 0 saturated carbocycles. The van der Waals surface area contributed by atoms with Crippen LogP contribution in [0, 0.1) is 0 Å². The van der Waals surface area contributed by atoms with E-state index in [2.05, 4.69) is 93.7 Å². The van der Waals surface area contributed by atoms with Crippen molar-refractivity contribution >= 4 is 17.9 Å². The van der Waals surface area contributed by atoms with Crippen molar-refractivity contribution in [1.82, 2.24) is 0 Å². The zero-order valence-electron chi connectivity index (χ0n) is 53.8. The molecule has 0 aliphatic carbocycles. The molecule has 0 rings (SSSR count). The second kappa shape index (κ2) is 69.1. The fraction of sp³-hybridized carbons (Fsp3) is 0.773. The fourth-order valence-corrected chi connectivity index (χ4v) is 10.2. The maximum Gasteiger partial charge on any atom is 0.309 e. The summed E-state index contributed by atoms with van der Waals surface area (Å²) >= 11 is 0. The van der Waals surface area contributed by atoms with Gasteiger partial charge in [0.25, 0.3) is 0 Å². The molecule has 0 aromatic rings. The number of carbonyl (C=O) groups is 3. The Morgan fingerprint density at radius 1 is 0.272 bits per heavy atom. The van der Waals surface area contributed by atoms with Gasteiger partial charge in [-0.1, -0.05) is 324 Å². The zero-order valence-corrected chi connectivity index (χ0v) is 53.8. The highest BCUT2D eigenvalue weighted by atomic mass is 16.6. The number of hydrogen-bond donors (Lipinski definition) is 0. The van der Waals surface area contributed by atoms with Crippen LogP contribution in [-0.4, -0.2) is 37.2 Å². The second-order valence-electron chi connectivity index (χ2n) is 23.4. The van der Waals surface area contributed by atoms with E-state index >= 15 is 0 Å². The van der Waals surface area contributed by atoms with Gasteiger partial charge in [-0.05, 0) is 96.3 Å². The molecule has 0 N–H and O–H groups in total. The third-order valence-electron chi connectivity index (χ3n) is 15.4. The van der Waals surface area contributed by atoms with Gasteiger partial charge in [0, 0.05) is 12.8 Å². The third-order valence-corrected chi connectivity index (χ3v) is 15.4. The first kappa shape index (κ1) is 77.6. The number of rotatable bonds is 64. The molecule has 468 valence electrons. The van der Waals surface area contributed by atoms with Gasteiger partial charge >= 0.3 is 17.9 Å². The molecule has 0 aliphatic rings. The summed E-state index contributed by atoms with van der Waals surface area (Å²) in [6.07, 6.45) is 92.2. The molecule has 0 aromatic heterocycles. The summed E-state index contributed by atoms with van der Waals surface area (Å²) < 4.78 is 16.9. The number of hydrogen-bond acceptors (Lipinski definition) is 6. The van der Waals surface area contributed by atoms with Crippen molar-refractivity contribution in [2.45, 2.75) is 361 Å². The summed E-state index contributed by atoms with van der Waals surface area (Å²) in [5.41, 5.74) is 0. The van der Waals surface area contributed by atoms with E-state index in [4.69, 9.17) is 14.2 Å². The van der Waals surface area contributed by atoms with Gasteiger partial charge in [-0.15, -0.1) is 0 Å². The van der Waals surface area contributed by atoms with Gasteiger partial charge in [0.2, 0.25) is 0 Å². The Morgan fingerprint density at radius 3 is 0.852 bits per heavy atom. The minimum atomic E-state index is -0.818. The first-order valence-electron chi connectivity index (χ1n) is 35.1. The van der Waals surface area contributed by atoms with Gasteiger partial charge < -0.3 is 14.2 Å². The highest BCUT2D eigenvalue weighted by Gasteiger charge is 2.19. The van der Waals surface area contributed by atoms with Gasteiger partial charge in [0.05, 0.1) is 6.42 Å². The first-order valence-corrected chi connectivity index (χ1v) is 35.1. The third kappa shape index (κ3) is 67.3. The molecule has 6 nitrogen and oxygen atoms in total. The summed E-state index contributed by atoms with van der Waals surface area (Å²) in [5, 5.41) is 0. The van der Waals surface area contributed by atoms with Crippen LogP contribution in [0.15, 0.2) is 85.1 Å². The molecule has 0 fully saturated rings. The lowest BCUT2D eigenvalue weighted by atomic mass is 10.0. The van der Waals surface area contributed by atoms with Crippen LogP contribution < -0.4 is 0 Å². The normalized spacial score (nSPS) is 12.6. The van der Waals surface area contributed by atoms with Crippen molar-refractivity contribution < 1.29 is 28.6 Å². The molecular formula is C75H132O6. The fourth-order valence-electron chi connectivity index (χ4n) is 10.2. The summed E-state index contributed by atoms with van der Waals surface area (Å²) in [6, 6.07) is 0. The topological polar surface area (TPSA) is 78.9 Å². The quantitative estimate of drug-likeness (QED) is 0.0261. The Balaban J connectivity index is 4.29. The van der Waals surface area contributed by atoms with Gasteiger partial charge in [0.15, 0.2) is 6.10 Å². The van der Waals surface area contributed by atoms with Crippen molar-refractivity contribution in [1.29, 1.82) is 0 Å². The molecule has 1 atom stereocenters. The van der Waals surface area contributed by atoms with Crippen LogP contribution in [0.5, 0.6) is 0 Å².